The van der Waals surface area contributed by atoms with Crippen molar-refractivity contribution in [1.82, 2.24) is 15.5 Å². The molecule has 1 saturated carbocycles. The van der Waals surface area contributed by atoms with Crippen LogP contribution in [0, 0.1) is 5.41 Å². The monoisotopic (exact) mass is 516 g/mol. The molecule has 0 aliphatic heterocycles. The van der Waals surface area contributed by atoms with Crippen LogP contribution < -0.4 is 10.6 Å². The standard InChI is InChI=1S/C22H36N4O2.HI/c1-23-21(25-18-22(13-7-8-14-22)20(27)26(2)3)24-15-9-10-16-28-17-19-11-5-4-6-12-19;/h4-6,11-12H,7-10,13-18H2,1-3H3,(H2,23,24,25);1H. The molecule has 0 spiro atoms. The minimum absolute atomic E-state index is 0. The van der Waals surface area contributed by atoms with Crippen LogP contribution in [-0.2, 0) is 16.1 Å². The Morgan fingerprint density at radius 1 is 1.14 bits per heavy atom. The molecular weight excluding hydrogens is 479 g/mol. The number of unbranched alkanes of at least 4 members (excludes halogenated alkanes) is 1. The van der Waals surface area contributed by atoms with Crippen LogP contribution in [0.5, 0.6) is 0 Å². The molecule has 2 rings (SSSR count). The van der Waals surface area contributed by atoms with Crippen LogP contribution in [0.1, 0.15) is 44.1 Å². The van der Waals surface area contributed by atoms with Gasteiger partial charge in [-0.3, -0.25) is 9.79 Å². The lowest BCUT2D eigenvalue weighted by Gasteiger charge is -2.31. The molecule has 0 radical (unpaired) electrons. The smallest absolute Gasteiger partial charge is 0.230 e. The van der Waals surface area contributed by atoms with Crippen LogP contribution in [0.15, 0.2) is 35.3 Å². The fourth-order valence-electron chi connectivity index (χ4n) is 3.77. The highest BCUT2D eigenvalue weighted by Crippen LogP contribution is 2.38. The lowest BCUT2D eigenvalue weighted by Crippen LogP contribution is -2.49. The molecule has 1 aromatic rings. The molecule has 2 N–H and O–H groups in total. The van der Waals surface area contributed by atoms with Crippen molar-refractivity contribution in [2.45, 2.75) is 45.1 Å². The second-order valence-corrected chi connectivity index (χ2v) is 7.78. The van der Waals surface area contributed by atoms with Gasteiger partial charge in [0.15, 0.2) is 5.96 Å². The molecule has 0 bridgehead atoms. The number of carbonyl (C=O) groups excluding carboxylic acids is 1. The average molecular weight is 516 g/mol. The summed E-state index contributed by atoms with van der Waals surface area (Å²) in [5, 5.41) is 6.72. The van der Waals surface area contributed by atoms with Gasteiger partial charge < -0.3 is 20.3 Å². The molecule has 29 heavy (non-hydrogen) atoms. The maximum Gasteiger partial charge on any atom is 0.230 e. The first kappa shape index (κ1) is 25.7. The summed E-state index contributed by atoms with van der Waals surface area (Å²) in [7, 11) is 5.46. The number of guanidine groups is 1. The normalized spacial score (nSPS) is 15.5. The van der Waals surface area contributed by atoms with E-state index >= 15 is 0 Å². The van der Waals surface area contributed by atoms with Gasteiger partial charge in [0.05, 0.1) is 12.0 Å². The molecule has 0 heterocycles. The van der Waals surface area contributed by atoms with Crippen molar-refractivity contribution in [2.75, 3.05) is 40.8 Å². The van der Waals surface area contributed by atoms with E-state index in [2.05, 4.69) is 27.8 Å². The minimum atomic E-state index is -0.285. The number of ether oxygens (including phenoxy) is 1. The van der Waals surface area contributed by atoms with Crippen molar-refractivity contribution in [3.63, 3.8) is 0 Å². The molecule has 0 saturated heterocycles. The Hall–Kier alpha value is -1.35. The van der Waals surface area contributed by atoms with Gasteiger partial charge in [-0.1, -0.05) is 43.2 Å². The van der Waals surface area contributed by atoms with E-state index in [4.69, 9.17) is 4.74 Å². The van der Waals surface area contributed by atoms with Gasteiger partial charge in [0.2, 0.25) is 5.91 Å². The molecule has 0 aromatic heterocycles. The third-order valence-electron chi connectivity index (χ3n) is 5.36. The van der Waals surface area contributed by atoms with Gasteiger partial charge >= 0.3 is 0 Å². The van der Waals surface area contributed by atoms with Crippen LogP contribution >= 0.6 is 24.0 Å². The molecule has 7 heteroatoms. The summed E-state index contributed by atoms with van der Waals surface area (Å²) in [6.07, 6.45) is 6.16. The second kappa shape index (κ2) is 13.8. The third-order valence-corrected chi connectivity index (χ3v) is 5.36. The van der Waals surface area contributed by atoms with Crippen LogP contribution in [0.3, 0.4) is 0 Å². The van der Waals surface area contributed by atoms with Gasteiger partial charge in [-0.15, -0.1) is 24.0 Å². The zero-order chi connectivity index (χ0) is 20.2. The van der Waals surface area contributed by atoms with Crippen molar-refractivity contribution in [1.29, 1.82) is 0 Å². The second-order valence-electron chi connectivity index (χ2n) is 7.78. The topological polar surface area (TPSA) is 66.0 Å². The van der Waals surface area contributed by atoms with Crippen LogP contribution in [0.2, 0.25) is 0 Å². The summed E-state index contributed by atoms with van der Waals surface area (Å²) in [5.41, 5.74) is 0.921. The van der Waals surface area contributed by atoms with E-state index in [0.29, 0.717) is 13.2 Å². The number of aliphatic imine (C=N–C) groups is 1. The maximum atomic E-state index is 12.6. The van der Waals surface area contributed by atoms with Crippen molar-refractivity contribution in [3.8, 4) is 0 Å². The minimum Gasteiger partial charge on any atom is -0.377 e. The van der Waals surface area contributed by atoms with Crippen molar-refractivity contribution < 1.29 is 9.53 Å². The zero-order valence-corrected chi connectivity index (χ0v) is 20.4. The SMILES string of the molecule is CN=C(NCCCCOCc1ccccc1)NCC1(C(=O)N(C)C)CCCC1.I. The molecule has 6 nitrogen and oxygen atoms in total. The van der Waals surface area contributed by atoms with Crippen LogP contribution in [-0.4, -0.2) is 57.6 Å². The lowest BCUT2D eigenvalue weighted by atomic mass is 9.84. The fraction of sp³-hybridized carbons (Fsp3) is 0.636. The number of halogens is 1. The highest BCUT2D eigenvalue weighted by atomic mass is 127. The zero-order valence-electron chi connectivity index (χ0n) is 18.1. The van der Waals surface area contributed by atoms with Gasteiger partial charge in [0.25, 0.3) is 0 Å². The maximum absolute atomic E-state index is 12.6. The molecule has 1 fully saturated rings. The van der Waals surface area contributed by atoms with Gasteiger partial charge in [-0.05, 0) is 31.2 Å². The first-order chi connectivity index (χ1) is 13.6. The van der Waals surface area contributed by atoms with Crippen molar-refractivity contribution in [2.24, 2.45) is 10.4 Å². The molecular formula is C22H37IN4O2. The van der Waals surface area contributed by atoms with Crippen LogP contribution in [0.4, 0.5) is 0 Å². The molecule has 1 aliphatic carbocycles. The summed E-state index contributed by atoms with van der Waals surface area (Å²) in [6, 6.07) is 10.2. The number of carbonyl (C=O) groups is 1. The quantitative estimate of drug-likeness (QED) is 0.217. The van der Waals surface area contributed by atoms with Gasteiger partial charge in [0, 0.05) is 40.8 Å². The number of benzene rings is 1. The number of amides is 1. The van der Waals surface area contributed by atoms with E-state index in [1.165, 1.54) is 5.56 Å². The predicted octanol–water partition coefficient (Wildman–Crippen LogP) is 3.42. The molecule has 0 unspecified atom stereocenters. The molecule has 164 valence electrons. The van der Waals surface area contributed by atoms with E-state index < -0.39 is 0 Å². The molecule has 0 atom stereocenters. The summed E-state index contributed by atoms with van der Waals surface area (Å²) in [5.74, 6) is 0.992. The average Bonchev–Trinajstić information content (AvgIpc) is 3.19. The first-order valence-corrected chi connectivity index (χ1v) is 10.4. The Balaban J connectivity index is 0.00000420. The van der Waals surface area contributed by atoms with E-state index in [1.54, 1.807) is 11.9 Å². The van der Waals surface area contributed by atoms with E-state index in [0.717, 1.165) is 57.6 Å². The Bertz CT molecular complexity index is 616. The van der Waals surface area contributed by atoms with E-state index in [9.17, 15) is 4.79 Å². The summed E-state index contributed by atoms with van der Waals surface area (Å²) in [6.45, 7) is 2.90. The first-order valence-electron chi connectivity index (χ1n) is 10.4. The highest BCUT2D eigenvalue weighted by molar-refractivity contribution is 14.0. The Labute approximate surface area is 192 Å². The van der Waals surface area contributed by atoms with Crippen molar-refractivity contribution >= 4 is 35.8 Å². The number of rotatable bonds is 10. The number of hydrogen-bond acceptors (Lipinski definition) is 3. The van der Waals surface area contributed by atoms with Gasteiger partial charge in [-0.2, -0.15) is 0 Å². The Morgan fingerprint density at radius 2 is 1.83 bits per heavy atom. The Kier molecular flexibility index (Phi) is 12.2. The summed E-state index contributed by atoms with van der Waals surface area (Å²) < 4.78 is 5.71. The predicted molar refractivity (Wildman–Crippen MR) is 130 cm³/mol. The highest BCUT2D eigenvalue weighted by Gasteiger charge is 2.42. The summed E-state index contributed by atoms with van der Waals surface area (Å²) >= 11 is 0. The van der Waals surface area contributed by atoms with E-state index in [1.807, 2.05) is 32.3 Å². The van der Waals surface area contributed by atoms with E-state index in [-0.39, 0.29) is 35.3 Å². The number of hydrogen-bond donors (Lipinski definition) is 2. The molecule has 1 aromatic carbocycles. The number of nitrogens with zero attached hydrogens (tertiary/aromatic N) is 2. The van der Waals surface area contributed by atoms with Gasteiger partial charge in [-0.25, -0.2) is 0 Å². The largest absolute Gasteiger partial charge is 0.377 e. The number of nitrogens with one attached hydrogen (secondary N) is 2. The van der Waals surface area contributed by atoms with Crippen molar-refractivity contribution in [3.05, 3.63) is 35.9 Å². The molecule has 1 amide bonds. The molecule has 1 aliphatic rings. The summed E-state index contributed by atoms with van der Waals surface area (Å²) in [4.78, 5) is 18.7. The lowest BCUT2D eigenvalue weighted by molar-refractivity contribution is -0.138. The fourth-order valence-corrected chi connectivity index (χ4v) is 3.77. The van der Waals surface area contributed by atoms with Crippen LogP contribution in [0.25, 0.3) is 0 Å². The Morgan fingerprint density at radius 3 is 2.45 bits per heavy atom. The third kappa shape index (κ3) is 8.50. The van der Waals surface area contributed by atoms with Gasteiger partial charge in [0.1, 0.15) is 0 Å².